The van der Waals surface area contributed by atoms with E-state index in [1.54, 1.807) is 23.9 Å². The highest BCUT2D eigenvalue weighted by Gasteiger charge is 2.19. The molecule has 0 saturated carbocycles. The van der Waals surface area contributed by atoms with Gasteiger partial charge < -0.3 is 10.9 Å². The Hall–Kier alpha value is -2.30. The Bertz CT molecular complexity index is 576. The topological polar surface area (TPSA) is 72.1 Å². The standard InChI is InChI=1S/C11H11N3O2/c1-8-7-9(15)14(12)11(16)10(8)13-5-3-2-4-6-13/h2-7H,12H2,1H3/p+1. The highest BCUT2D eigenvalue weighted by Crippen LogP contribution is 2.16. The third kappa shape index (κ3) is 1.52. The van der Waals surface area contributed by atoms with Gasteiger partial charge in [0.25, 0.3) is 17.1 Å². The smallest absolute Gasteiger partial charge is 0.288 e. The SMILES string of the molecule is Cc1cc(=O)n(N)c(O)c1-[n+]1ccccc1. The quantitative estimate of drug-likeness (QED) is 0.516. The number of aryl methyl sites for hydroxylation is 1. The molecule has 0 radical (unpaired) electrons. The number of nitrogens with two attached hydrogens (primary N) is 1. The van der Waals surface area contributed by atoms with Crippen molar-refractivity contribution in [1.82, 2.24) is 4.68 Å². The molecular formula is C11H12N3O2+. The van der Waals surface area contributed by atoms with Crippen molar-refractivity contribution in [2.45, 2.75) is 6.92 Å². The molecule has 16 heavy (non-hydrogen) atoms. The molecule has 82 valence electrons. The first-order valence-corrected chi connectivity index (χ1v) is 4.78. The van der Waals surface area contributed by atoms with Crippen LogP contribution in [0.4, 0.5) is 0 Å². The summed E-state index contributed by atoms with van der Waals surface area (Å²) in [7, 11) is 0. The van der Waals surface area contributed by atoms with Gasteiger partial charge >= 0.3 is 0 Å². The number of aromatic hydroxyl groups is 1. The second-order valence-electron chi connectivity index (χ2n) is 3.49. The molecule has 0 aliphatic rings. The van der Waals surface area contributed by atoms with E-state index >= 15 is 0 Å². The minimum atomic E-state index is -0.435. The van der Waals surface area contributed by atoms with Crippen LogP contribution >= 0.6 is 0 Å². The molecule has 0 aromatic carbocycles. The molecule has 2 aromatic rings. The first-order chi connectivity index (χ1) is 7.61. The lowest BCUT2D eigenvalue weighted by Crippen LogP contribution is -2.36. The zero-order valence-electron chi connectivity index (χ0n) is 8.79. The Balaban J connectivity index is 2.76. The molecule has 0 amide bonds. The average Bonchev–Trinajstić information content (AvgIpc) is 2.28. The predicted octanol–water partition coefficient (Wildman–Crippen LogP) is -0.147. The molecule has 5 heteroatoms. The maximum Gasteiger partial charge on any atom is 0.288 e. The summed E-state index contributed by atoms with van der Waals surface area (Å²) in [6, 6.07) is 6.89. The van der Waals surface area contributed by atoms with Crippen molar-refractivity contribution < 1.29 is 9.67 Å². The summed E-state index contributed by atoms with van der Waals surface area (Å²) < 4.78 is 2.43. The summed E-state index contributed by atoms with van der Waals surface area (Å²) in [5.74, 6) is 5.18. The zero-order chi connectivity index (χ0) is 11.7. The van der Waals surface area contributed by atoms with Crippen LogP contribution in [-0.4, -0.2) is 9.78 Å². The molecule has 0 saturated heterocycles. The third-order valence-corrected chi connectivity index (χ3v) is 2.36. The number of nitrogens with zero attached hydrogens (tertiary/aromatic N) is 2. The molecule has 2 aromatic heterocycles. The van der Waals surface area contributed by atoms with Gasteiger partial charge in [0, 0.05) is 23.8 Å². The number of hydrogen-bond acceptors (Lipinski definition) is 3. The van der Waals surface area contributed by atoms with Gasteiger partial charge in [-0.1, -0.05) is 6.07 Å². The van der Waals surface area contributed by atoms with E-state index in [0.717, 1.165) is 4.68 Å². The van der Waals surface area contributed by atoms with E-state index in [-0.39, 0.29) is 5.88 Å². The Morgan fingerprint density at radius 2 is 1.94 bits per heavy atom. The first-order valence-electron chi connectivity index (χ1n) is 4.78. The van der Waals surface area contributed by atoms with Gasteiger partial charge in [-0.25, -0.2) is 0 Å². The summed E-state index contributed by atoms with van der Waals surface area (Å²) in [5, 5.41) is 9.83. The summed E-state index contributed by atoms with van der Waals surface area (Å²) in [6.45, 7) is 1.75. The number of aromatic nitrogens is 2. The highest BCUT2D eigenvalue weighted by atomic mass is 16.3. The third-order valence-electron chi connectivity index (χ3n) is 2.36. The molecule has 2 heterocycles. The van der Waals surface area contributed by atoms with Crippen LogP contribution in [0.5, 0.6) is 5.88 Å². The minimum Gasteiger partial charge on any atom is -0.488 e. The van der Waals surface area contributed by atoms with Crippen LogP contribution in [-0.2, 0) is 0 Å². The van der Waals surface area contributed by atoms with Crippen LogP contribution in [0.2, 0.25) is 0 Å². The summed E-state index contributed by atoms with van der Waals surface area (Å²) in [6.07, 6.45) is 3.54. The molecule has 2 rings (SSSR count). The second-order valence-corrected chi connectivity index (χ2v) is 3.49. The fourth-order valence-electron chi connectivity index (χ4n) is 1.58. The lowest BCUT2D eigenvalue weighted by atomic mass is 10.2. The van der Waals surface area contributed by atoms with Crippen LogP contribution in [0.15, 0.2) is 41.5 Å². The van der Waals surface area contributed by atoms with E-state index in [4.69, 9.17) is 5.84 Å². The van der Waals surface area contributed by atoms with Crippen molar-refractivity contribution in [1.29, 1.82) is 0 Å². The monoisotopic (exact) mass is 218 g/mol. The first kappa shape index (κ1) is 10.2. The Morgan fingerprint density at radius 3 is 2.56 bits per heavy atom. The van der Waals surface area contributed by atoms with Crippen LogP contribution in [0, 0.1) is 6.92 Å². The Morgan fingerprint density at radius 1 is 1.31 bits per heavy atom. The van der Waals surface area contributed by atoms with Gasteiger partial charge in [0.1, 0.15) is 0 Å². The summed E-state index contributed by atoms with van der Waals surface area (Å²) in [4.78, 5) is 11.3. The van der Waals surface area contributed by atoms with Gasteiger partial charge in [-0.2, -0.15) is 9.24 Å². The van der Waals surface area contributed by atoms with E-state index in [2.05, 4.69) is 0 Å². The fourth-order valence-corrected chi connectivity index (χ4v) is 1.58. The zero-order valence-corrected chi connectivity index (χ0v) is 8.79. The van der Waals surface area contributed by atoms with Gasteiger partial charge in [-0.15, -0.1) is 0 Å². The van der Waals surface area contributed by atoms with Crippen molar-refractivity contribution in [3.8, 4) is 11.6 Å². The molecule has 0 unspecified atom stereocenters. The van der Waals surface area contributed by atoms with Gasteiger partial charge in [0.15, 0.2) is 12.4 Å². The summed E-state index contributed by atoms with van der Waals surface area (Å²) >= 11 is 0. The van der Waals surface area contributed by atoms with Gasteiger partial charge in [0.05, 0.1) is 0 Å². The number of nitrogen functional groups attached to an aromatic ring is 1. The van der Waals surface area contributed by atoms with Gasteiger partial charge in [-0.05, 0) is 6.92 Å². The highest BCUT2D eigenvalue weighted by molar-refractivity contribution is 5.40. The fraction of sp³-hybridized carbons (Fsp3) is 0.0909. The van der Waals surface area contributed by atoms with Crippen LogP contribution in [0.3, 0.4) is 0 Å². The molecule has 5 nitrogen and oxygen atoms in total. The van der Waals surface area contributed by atoms with Crippen LogP contribution in [0.1, 0.15) is 5.56 Å². The van der Waals surface area contributed by atoms with Gasteiger partial charge in [-0.3, -0.25) is 4.79 Å². The van der Waals surface area contributed by atoms with Crippen LogP contribution in [0.25, 0.3) is 5.69 Å². The minimum absolute atomic E-state index is 0.249. The largest absolute Gasteiger partial charge is 0.488 e. The van der Waals surface area contributed by atoms with Crippen molar-refractivity contribution in [3.63, 3.8) is 0 Å². The maximum atomic E-state index is 11.3. The van der Waals surface area contributed by atoms with Crippen molar-refractivity contribution >= 4 is 0 Å². The van der Waals surface area contributed by atoms with Gasteiger partial charge in [0.2, 0.25) is 0 Å². The summed E-state index contributed by atoms with van der Waals surface area (Å²) in [5.41, 5.74) is 0.735. The van der Waals surface area contributed by atoms with Crippen molar-refractivity contribution in [2.75, 3.05) is 5.84 Å². The van der Waals surface area contributed by atoms with E-state index < -0.39 is 5.56 Å². The number of pyridine rings is 2. The molecule has 0 fully saturated rings. The molecule has 0 atom stereocenters. The molecular weight excluding hydrogens is 206 g/mol. The predicted molar refractivity (Wildman–Crippen MR) is 58.8 cm³/mol. The normalized spacial score (nSPS) is 10.3. The maximum absolute atomic E-state index is 11.3. The molecule has 0 aliphatic heterocycles. The van der Waals surface area contributed by atoms with Crippen LogP contribution < -0.4 is 16.0 Å². The molecule has 0 spiro atoms. The van der Waals surface area contributed by atoms with E-state index in [9.17, 15) is 9.90 Å². The average molecular weight is 218 g/mol. The molecule has 0 bridgehead atoms. The number of rotatable bonds is 1. The number of hydrogen-bond donors (Lipinski definition) is 2. The lowest BCUT2D eigenvalue weighted by Gasteiger charge is -2.05. The van der Waals surface area contributed by atoms with E-state index in [1.165, 1.54) is 6.07 Å². The van der Waals surface area contributed by atoms with Crippen molar-refractivity contribution in [3.05, 3.63) is 52.6 Å². The van der Waals surface area contributed by atoms with E-state index in [0.29, 0.717) is 11.3 Å². The van der Waals surface area contributed by atoms with Crippen molar-refractivity contribution in [2.24, 2.45) is 0 Å². The Kier molecular flexibility index (Phi) is 2.36. The van der Waals surface area contributed by atoms with E-state index in [1.807, 2.05) is 18.2 Å². The second kappa shape index (κ2) is 3.69. The lowest BCUT2D eigenvalue weighted by molar-refractivity contribution is -0.597. The molecule has 3 N–H and O–H groups in total. The molecule has 0 aliphatic carbocycles. The Labute approximate surface area is 92.0 Å².